The Labute approximate surface area is 190 Å². The molecule has 1 atom stereocenters. The van der Waals surface area contributed by atoms with E-state index in [1.807, 2.05) is 19.1 Å². The largest absolute Gasteiger partial charge is 0.508 e. The number of cyclic esters (lactones) is 1. The Balaban J connectivity index is 1.48. The summed E-state index contributed by atoms with van der Waals surface area (Å²) in [6.45, 7) is 6.77. The molecule has 0 aliphatic carbocycles. The Kier molecular flexibility index (Phi) is 4.74. The lowest BCUT2D eigenvalue weighted by molar-refractivity contribution is -0.148. The van der Waals surface area contributed by atoms with E-state index in [0.717, 1.165) is 65.2 Å². The van der Waals surface area contributed by atoms with Gasteiger partial charge in [0, 0.05) is 49.2 Å². The average Bonchev–Trinajstić information content (AvgIpc) is 3.18. The van der Waals surface area contributed by atoms with Crippen molar-refractivity contribution < 1.29 is 14.6 Å². The number of ether oxygens (including phenoxy) is 1. The maximum Gasteiger partial charge on any atom is 0.313 e. The van der Waals surface area contributed by atoms with E-state index in [9.17, 15) is 14.7 Å². The van der Waals surface area contributed by atoms with Crippen molar-refractivity contribution in [1.29, 1.82) is 0 Å². The van der Waals surface area contributed by atoms with Crippen LogP contribution in [0.2, 0.25) is 0 Å². The molecule has 1 saturated heterocycles. The van der Waals surface area contributed by atoms with Crippen LogP contribution < -0.4 is 10.9 Å². The molecule has 0 bridgehead atoms. The van der Waals surface area contributed by atoms with Gasteiger partial charge in [-0.2, -0.15) is 0 Å². The fourth-order valence-corrected chi connectivity index (χ4v) is 5.38. The first-order valence-corrected chi connectivity index (χ1v) is 11.6. The second kappa shape index (κ2) is 7.67. The van der Waals surface area contributed by atoms with Crippen LogP contribution in [0, 0.1) is 0 Å². The monoisotopic (exact) mass is 446 g/mol. The normalized spacial score (nSPS) is 19.8. The van der Waals surface area contributed by atoms with Gasteiger partial charge in [0.25, 0.3) is 5.56 Å². The Morgan fingerprint density at radius 1 is 1.21 bits per heavy atom. The highest BCUT2D eigenvalue weighted by molar-refractivity contribution is 5.89. The number of rotatable bonds is 3. The maximum atomic E-state index is 13.3. The number of benzene rings is 1. The lowest BCUT2D eigenvalue weighted by Crippen LogP contribution is -2.42. The highest BCUT2D eigenvalue weighted by atomic mass is 16.5. The average molecular weight is 447 g/mol. The number of fused-ring (bicyclic) bond motifs is 5. The third-order valence-electron chi connectivity index (χ3n) is 7.19. The summed E-state index contributed by atoms with van der Waals surface area (Å²) in [5, 5.41) is 14.9. The molecule has 0 radical (unpaired) electrons. The first-order valence-electron chi connectivity index (χ1n) is 11.6. The standard InChI is InChI=1S/C25H26N4O4/c1-2-15-16-10-21-23-14(11-29(21)24(31)19(16)13-33-25(15)32)9-17-18(12-28-7-5-26-6-8-28)22(30)4-3-20(17)27-23/h3-4,9-10,15,26,30H,2,5-8,11-13H2,1H3. The summed E-state index contributed by atoms with van der Waals surface area (Å²) < 4.78 is 7.02. The van der Waals surface area contributed by atoms with Crippen molar-refractivity contribution in [2.75, 3.05) is 26.2 Å². The number of carbonyl (C=O) groups is 1. The van der Waals surface area contributed by atoms with Crippen molar-refractivity contribution in [3.63, 3.8) is 0 Å². The zero-order valence-electron chi connectivity index (χ0n) is 18.6. The van der Waals surface area contributed by atoms with Crippen LogP contribution in [0.4, 0.5) is 0 Å². The van der Waals surface area contributed by atoms with Crippen molar-refractivity contribution in [1.82, 2.24) is 19.8 Å². The molecule has 33 heavy (non-hydrogen) atoms. The van der Waals surface area contributed by atoms with E-state index in [-0.39, 0.29) is 23.9 Å². The highest BCUT2D eigenvalue weighted by Crippen LogP contribution is 2.38. The number of nitrogens with zero attached hydrogens (tertiary/aromatic N) is 3. The van der Waals surface area contributed by atoms with Crippen LogP contribution in [-0.2, 0) is 29.2 Å². The van der Waals surface area contributed by atoms with Crippen LogP contribution in [0.15, 0.2) is 29.1 Å². The molecule has 2 N–H and O–H groups in total. The number of nitrogens with one attached hydrogen (secondary N) is 1. The van der Waals surface area contributed by atoms with E-state index in [2.05, 4.69) is 16.3 Å². The summed E-state index contributed by atoms with van der Waals surface area (Å²) in [6, 6.07) is 7.56. The van der Waals surface area contributed by atoms with Gasteiger partial charge in [-0.05, 0) is 36.2 Å². The fraction of sp³-hybridized carbons (Fsp3) is 0.400. The van der Waals surface area contributed by atoms with Crippen molar-refractivity contribution in [2.24, 2.45) is 0 Å². The Hall–Kier alpha value is -3.23. The Morgan fingerprint density at radius 2 is 2.03 bits per heavy atom. The van der Waals surface area contributed by atoms with Gasteiger partial charge in [0.1, 0.15) is 12.4 Å². The number of hydrogen-bond acceptors (Lipinski definition) is 7. The molecule has 5 heterocycles. The van der Waals surface area contributed by atoms with Crippen molar-refractivity contribution in [3.8, 4) is 17.1 Å². The molecule has 8 nitrogen and oxygen atoms in total. The lowest BCUT2D eigenvalue weighted by Gasteiger charge is -2.28. The van der Waals surface area contributed by atoms with Gasteiger partial charge in [-0.1, -0.05) is 6.92 Å². The number of piperazine rings is 1. The van der Waals surface area contributed by atoms with Gasteiger partial charge in [0.15, 0.2) is 0 Å². The van der Waals surface area contributed by atoms with Crippen molar-refractivity contribution in [3.05, 3.63) is 56.9 Å². The van der Waals surface area contributed by atoms with Crippen LogP contribution in [0.25, 0.3) is 22.3 Å². The van der Waals surface area contributed by atoms with Gasteiger partial charge in [-0.25, -0.2) is 4.98 Å². The zero-order valence-corrected chi connectivity index (χ0v) is 18.6. The number of aromatic nitrogens is 2. The van der Waals surface area contributed by atoms with Crippen LogP contribution >= 0.6 is 0 Å². The van der Waals surface area contributed by atoms with Crippen LogP contribution in [0.5, 0.6) is 5.75 Å². The minimum atomic E-state index is -0.417. The summed E-state index contributed by atoms with van der Waals surface area (Å²) in [6.07, 6.45) is 0.585. The van der Waals surface area contributed by atoms with Crippen LogP contribution in [-0.4, -0.2) is 51.7 Å². The van der Waals surface area contributed by atoms with Gasteiger partial charge in [-0.3, -0.25) is 14.5 Å². The molecule has 1 fully saturated rings. The molecular weight excluding hydrogens is 420 g/mol. The molecule has 3 aliphatic heterocycles. The summed E-state index contributed by atoms with van der Waals surface area (Å²) in [5.41, 5.74) is 5.37. The van der Waals surface area contributed by atoms with E-state index < -0.39 is 5.92 Å². The van der Waals surface area contributed by atoms with Gasteiger partial charge in [0.2, 0.25) is 0 Å². The molecule has 0 spiro atoms. The first-order chi connectivity index (χ1) is 16.0. The lowest BCUT2D eigenvalue weighted by atomic mass is 9.90. The molecule has 0 amide bonds. The molecule has 2 aromatic heterocycles. The SMILES string of the molecule is CCC1C(=O)OCc2c1cc1n(c2=O)Cc2cc3c(CN4CCNCC4)c(O)ccc3nc2-1. The van der Waals surface area contributed by atoms with E-state index >= 15 is 0 Å². The van der Waals surface area contributed by atoms with E-state index in [4.69, 9.17) is 9.72 Å². The predicted octanol–water partition coefficient (Wildman–Crippen LogP) is 2.09. The van der Waals surface area contributed by atoms with Gasteiger partial charge in [0.05, 0.1) is 34.9 Å². The van der Waals surface area contributed by atoms with Crippen LogP contribution in [0.1, 0.15) is 41.5 Å². The number of phenolic OH excluding ortho intramolecular Hbond substituents is 1. The molecule has 3 aromatic rings. The maximum absolute atomic E-state index is 13.3. The highest BCUT2D eigenvalue weighted by Gasteiger charge is 2.34. The summed E-state index contributed by atoms with van der Waals surface area (Å²) >= 11 is 0. The van der Waals surface area contributed by atoms with Crippen molar-refractivity contribution >= 4 is 16.9 Å². The van der Waals surface area contributed by atoms with Gasteiger partial charge in [-0.15, -0.1) is 0 Å². The van der Waals surface area contributed by atoms with Crippen molar-refractivity contribution in [2.45, 2.75) is 39.0 Å². The van der Waals surface area contributed by atoms with E-state index in [1.165, 1.54) is 0 Å². The molecule has 6 rings (SSSR count). The quantitative estimate of drug-likeness (QED) is 0.465. The molecule has 170 valence electrons. The molecule has 8 heteroatoms. The summed E-state index contributed by atoms with van der Waals surface area (Å²) in [4.78, 5) is 32.8. The summed E-state index contributed by atoms with van der Waals surface area (Å²) in [5.74, 6) is -0.418. The van der Waals surface area contributed by atoms with Gasteiger partial charge >= 0.3 is 5.97 Å². The fourth-order valence-electron chi connectivity index (χ4n) is 5.38. The second-order valence-corrected chi connectivity index (χ2v) is 9.08. The van der Waals surface area contributed by atoms with Gasteiger partial charge < -0.3 is 19.7 Å². The number of pyridine rings is 2. The summed E-state index contributed by atoms with van der Waals surface area (Å²) in [7, 11) is 0. The number of esters is 1. The number of carbonyl (C=O) groups excluding carboxylic acids is 1. The minimum Gasteiger partial charge on any atom is -0.508 e. The molecular formula is C25H26N4O4. The molecule has 1 aromatic carbocycles. The molecule has 1 unspecified atom stereocenters. The topological polar surface area (TPSA) is 96.7 Å². The number of aromatic hydroxyl groups is 1. The third-order valence-corrected chi connectivity index (χ3v) is 7.19. The second-order valence-electron chi connectivity index (χ2n) is 9.08. The van der Waals surface area contributed by atoms with Crippen LogP contribution in [0.3, 0.4) is 0 Å². The minimum absolute atomic E-state index is 0.0260. The van der Waals surface area contributed by atoms with E-state index in [0.29, 0.717) is 25.1 Å². The number of phenols is 1. The zero-order chi connectivity index (χ0) is 22.7. The Bertz CT molecular complexity index is 1360. The third kappa shape index (κ3) is 3.16. The number of hydrogen-bond donors (Lipinski definition) is 2. The molecule has 3 aliphatic rings. The first kappa shape index (κ1) is 20.4. The Morgan fingerprint density at radius 3 is 2.82 bits per heavy atom. The predicted molar refractivity (Wildman–Crippen MR) is 123 cm³/mol. The smallest absolute Gasteiger partial charge is 0.313 e. The molecule has 0 saturated carbocycles. The van der Waals surface area contributed by atoms with E-state index in [1.54, 1.807) is 10.6 Å².